The summed E-state index contributed by atoms with van der Waals surface area (Å²) in [5, 5.41) is 3.80. The number of nitrogens with one attached hydrogen (secondary N) is 1. The molecule has 3 N–H and O–H groups in total. The van der Waals surface area contributed by atoms with E-state index in [1.807, 2.05) is 18.2 Å². The zero-order valence-electron chi connectivity index (χ0n) is 11.6. The quantitative estimate of drug-likeness (QED) is 0.875. The minimum Gasteiger partial charge on any atom is -0.369 e. The van der Waals surface area contributed by atoms with E-state index in [1.54, 1.807) is 4.90 Å². The van der Waals surface area contributed by atoms with Crippen LogP contribution in [0.5, 0.6) is 0 Å². The van der Waals surface area contributed by atoms with Crippen LogP contribution in [0.3, 0.4) is 0 Å². The Morgan fingerprint density at radius 2 is 2.14 bits per heavy atom. The van der Waals surface area contributed by atoms with Crippen LogP contribution in [-0.2, 0) is 11.2 Å². The molecule has 0 aromatic heterocycles. The van der Waals surface area contributed by atoms with Crippen molar-refractivity contribution in [3.05, 3.63) is 34.3 Å². The van der Waals surface area contributed by atoms with Gasteiger partial charge in [-0.3, -0.25) is 4.79 Å². The molecule has 1 fully saturated rings. The third kappa shape index (κ3) is 2.70. The molecule has 1 aromatic rings. The number of primary amides is 1. The lowest BCUT2D eigenvalue weighted by Crippen LogP contribution is -2.40. The van der Waals surface area contributed by atoms with Gasteiger partial charge in [0, 0.05) is 18.1 Å². The second kappa shape index (κ2) is 5.56. The second-order valence-electron chi connectivity index (χ2n) is 5.68. The molecule has 0 radical (unpaired) electrons. The lowest BCUT2D eigenvalue weighted by Gasteiger charge is -2.21. The average Bonchev–Trinajstić information content (AvgIpc) is 3.07. The fraction of sp³-hybridized carbons (Fsp3) is 0.467. The molecule has 1 aliphatic carbocycles. The van der Waals surface area contributed by atoms with Gasteiger partial charge < -0.3 is 16.0 Å². The van der Waals surface area contributed by atoms with Gasteiger partial charge in [0.15, 0.2) is 0 Å². The highest BCUT2D eigenvalue weighted by Crippen LogP contribution is 2.35. The number of likely N-dealkylation sites (tertiary alicyclic amines) is 1. The number of hydrogen-bond donors (Lipinski definition) is 2. The maximum Gasteiger partial charge on any atom is 0.317 e. The average molecular weight is 308 g/mol. The zero-order chi connectivity index (χ0) is 15.0. The summed E-state index contributed by atoms with van der Waals surface area (Å²) in [7, 11) is 0. The highest BCUT2D eigenvalue weighted by molar-refractivity contribution is 6.31. The minimum atomic E-state index is -0.330. The van der Waals surface area contributed by atoms with Gasteiger partial charge in [0.05, 0.1) is 12.0 Å². The van der Waals surface area contributed by atoms with Gasteiger partial charge in [-0.05, 0) is 36.5 Å². The molecule has 2 atom stereocenters. The lowest BCUT2D eigenvalue weighted by atomic mass is 10.1. The molecule has 0 bridgehead atoms. The molecular weight excluding hydrogens is 290 g/mol. The minimum absolute atomic E-state index is 0.00109. The van der Waals surface area contributed by atoms with E-state index in [2.05, 4.69) is 5.32 Å². The first kappa shape index (κ1) is 14.2. The molecule has 5 nitrogen and oxygen atoms in total. The van der Waals surface area contributed by atoms with E-state index in [-0.39, 0.29) is 23.9 Å². The number of carbonyl (C=O) groups excluding carboxylic acids is 2. The summed E-state index contributed by atoms with van der Waals surface area (Å²) < 4.78 is 0. The molecule has 112 valence electrons. The van der Waals surface area contributed by atoms with Crippen molar-refractivity contribution < 1.29 is 9.59 Å². The number of benzene rings is 1. The molecule has 1 saturated heterocycles. The van der Waals surface area contributed by atoms with Crippen molar-refractivity contribution in [2.75, 3.05) is 13.1 Å². The van der Waals surface area contributed by atoms with Crippen LogP contribution in [0.1, 0.15) is 30.0 Å². The summed E-state index contributed by atoms with van der Waals surface area (Å²) >= 11 is 6.18. The van der Waals surface area contributed by atoms with Gasteiger partial charge in [0.1, 0.15) is 0 Å². The predicted octanol–water partition coefficient (Wildman–Crippen LogP) is 1.84. The first-order chi connectivity index (χ1) is 10.1. The molecule has 3 rings (SSSR count). The summed E-state index contributed by atoms with van der Waals surface area (Å²) in [6.07, 6.45) is 2.39. The SMILES string of the molecule is NC(=O)[C@H]1CCN(C(=O)N[C@@H]2CCc3c(Cl)cccc32)C1. The smallest absolute Gasteiger partial charge is 0.317 e. The largest absolute Gasteiger partial charge is 0.369 e. The van der Waals surface area contributed by atoms with Gasteiger partial charge in [0.25, 0.3) is 0 Å². The Bertz CT molecular complexity index is 590. The molecule has 6 heteroatoms. The summed E-state index contributed by atoms with van der Waals surface area (Å²) in [5.41, 5.74) is 7.52. The second-order valence-corrected chi connectivity index (χ2v) is 6.09. The van der Waals surface area contributed by atoms with E-state index in [4.69, 9.17) is 17.3 Å². The lowest BCUT2D eigenvalue weighted by molar-refractivity contribution is -0.121. The number of rotatable bonds is 2. The fourth-order valence-electron chi connectivity index (χ4n) is 3.18. The topological polar surface area (TPSA) is 75.4 Å². The first-order valence-corrected chi connectivity index (χ1v) is 7.56. The van der Waals surface area contributed by atoms with Crippen LogP contribution in [-0.4, -0.2) is 29.9 Å². The molecule has 0 unspecified atom stereocenters. The highest BCUT2D eigenvalue weighted by Gasteiger charge is 2.32. The Hall–Kier alpha value is -1.75. The molecule has 0 spiro atoms. The van der Waals surface area contributed by atoms with Crippen LogP contribution < -0.4 is 11.1 Å². The molecule has 1 aromatic carbocycles. The number of fused-ring (bicyclic) bond motifs is 1. The Morgan fingerprint density at radius 1 is 1.33 bits per heavy atom. The van der Waals surface area contributed by atoms with E-state index in [9.17, 15) is 9.59 Å². The molecule has 21 heavy (non-hydrogen) atoms. The van der Waals surface area contributed by atoms with Crippen molar-refractivity contribution in [1.82, 2.24) is 10.2 Å². The molecule has 3 amide bonds. The van der Waals surface area contributed by atoms with E-state index < -0.39 is 0 Å². The number of urea groups is 1. The van der Waals surface area contributed by atoms with E-state index in [1.165, 1.54) is 0 Å². The molecule has 1 heterocycles. The van der Waals surface area contributed by atoms with Gasteiger partial charge >= 0.3 is 6.03 Å². The molecule has 1 aliphatic heterocycles. The van der Waals surface area contributed by atoms with Gasteiger partial charge in [-0.25, -0.2) is 4.79 Å². The van der Waals surface area contributed by atoms with E-state index in [0.717, 1.165) is 29.0 Å². The number of amides is 3. The normalized spacial score (nSPS) is 24.0. The summed E-state index contributed by atoms with van der Waals surface area (Å²) in [5.74, 6) is -0.552. The van der Waals surface area contributed by atoms with Gasteiger partial charge in [-0.15, -0.1) is 0 Å². The van der Waals surface area contributed by atoms with Crippen molar-refractivity contribution in [2.45, 2.75) is 25.3 Å². The van der Waals surface area contributed by atoms with Crippen LogP contribution in [0.2, 0.25) is 5.02 Å². The third-order valence-electron chi connectivity index (χ3n) is 4.39. The monoisotopic (exact) mass is 307 g/mol. The van der Waals surface area contributed by atoms with Crippen LogP contribution in [0.15, 0.2) is 18.2 Å². The maximum absolute atomic E-state index is 12.3. The van der Waals surface area contributed by atoms with Crippen molar-refractivity contribution in [3.8, 4) is 0 Å². The maximum atomic E-state index is 12.3. The molecular formula is C15H18ClN3O2. The fourth-order valence-corrected chi connectivity index (χ4v) is 3.45. The Labute approximate surface area is 128 Å². The molecule has 0 saturated carbocycles. The zero-order valence-corrected chi connectivity index (χ0v) is 12.4. The van der Waals surface area contributed by atoms with Gasteiger partial charge in [-0.2, -0.15) is 0 Å². The predicted molar refractivity (Wildman–Crippen MR) is 79.9 cm³/mol. The highest BCUT2D eigenvalue weighted by atomic mass is 35.5. The Morgan fingerprint density at radius 3 is 2.86 bits per heavy atom. The summed E-state index contributed by atoms with van der Waals surface area (Å²) in [4.78, 5) is 25.1. The van der Waals surface area contributed by atoms with Gasteiger partial charge in [0.2, 0.25) is 5.91 Å². The first-order valence-electron chi connectivity index (χ1n) is 7.18. The van der Waals surface area contributed by atoms with E-state index >= 15 is 0 Å². The molecule has 2 aliphatic rings. The van der Waals surface area contributed by atoms with Crippen LogP contribution >= 0.6 is 11.6 Å². The van der Waals surface area contributed by atoms with Crippen molar-refractivity contribution >= 4 is 23.5 Å². The van der Waals surface area contributed by atoms with E-state index in [0.29, 0.717) is 19.5 Å². The van der Waals surface area contributed by atoms with Crippen LogP contribution in [0.25, 0.3) is 0 Å². The Balaban J connectivity index is 1.65. The van der Waals surface area contributed by atoms with Crippen molar-refractivity contribution in [3.63, 3.8) is 0 Å². The number of nitrogens with two attached hydrogens (primary N) is 1. The van der Waals surface area contributed by atoms with Crippen molar-refractivity contribution in [2.24, 2.45) is 11.7 Å². The van der Waals surface area contributed by atoms with Crippen LogP contribution in [0.4, 0.5) is 4.79 Å². The summed E-state index contributed by atoms with van der Waals surface area (Å²) in [6.45, 7) is 0.991. The Kier molecular flexibility index (Phi) is 3.76. The standard InChI is InChI=1S/C15H18ClN3O2/c16-12-3-1-2-11-10(12)4-5-13(11)18-15(21)19-7-6-9(8-19)14(17)20/h1-3,9,13H,4-8H2,(H2,17,20)(H,18,21)/t9-,13+/m0/s1. The van der Waals surface area contributed by atoms with Crippen molar-refractivity contribution in [1.29, 1.82) is 0 Å². The number of hydrogen-bond acceptors (Lipinski definition) is 2. The number of halogens is 1. The van der Waals surface area contributed by atoms with Gasteiger partial charge in [-0.1, -0.05) is 23.7 Å². The third-order valence-corrected chi connectivity index (χ3v) is 4.74. The summed E-state index contributed by atoms with van der Waals surface area (Å²) in [6, 6.07) is 5.66. The number of nitrogens with zero attached hydrogens (tertiary/aromatic N) is 1. The van der Waals surface area contributed by atoms with Crippen LogP contribution in [0, 0.1) is 5.92 Å². The number of carbonyl (C=O) groups is 2.